The average molecular weight is 272 g/mol. The monoisotopic (exact) mass is 271 g/mol. The van der Waals surface area contributed by atoms with Crippen LogP contribution in [0.2, 0.25) is 5.02 Å². The Morgan fingerprint density at radius 3 is 2.72 bits per heavy atom. The zero-order valence-electron chi connectivity index (χ0n) is 10.6. The number of carboxylic acids is 1. The van der Waals surface area contributed by atoms with Crippen molar-refractivity contribution >= 4 is 17.6 Å². The van der Waals surface area contributed by atoms with E-state index in [1.54, 1.807) is 19.1 Å². The summed E-state index contributed by atoms with van der Waals surface area (Å²) in [6.07, 6.45) is 0.508. The number of carboxylic acid groups (broad SMARTS) is 1. The fourth-order valence-electron chi connectivity index (χ4n) is 1.40. The van der Waals surface area contributed by atoms with E-state index in [-0.39, 0.29) is 0 Å². The number of hydrogen-bond donors (Lipinski definition) is 2. The summed E-state index contributed by atoms with van der Waals surface area (Å²) in [7, 11) is 0. The van der Waals surface area contributed by atoms with Gasteiger partial charge in [-0.3, -0.25) is 10.1 Å². The lowest BCUT2D eigenvalue weighted by atomic mass is 9.99. The molecule has 0 bridgehead atoms. The van der Waals surface area contributed by atoms with Gasteiger partial charge in [0.1, 0.15) is 17.9 Å². The fourth-order valence-corrected chi connectivity index (χ4v) is 1.59. The minimum atomic E-state index is -0.913. The van der Waals surface area contributed by atoms with E-state index in [1.165, 1.54) is 0 Å². The van der Waals surface area contributed by atoms with Crippen LogP contribution < -0.4 is 10.1 Å². The smallest absolute Gasteiger partial charge is 0.323 e. The normalized spacial score (nSPS) is 13.9. The molecule has 0 saturated heterocycles. The van der Waals surface area contributed by atoms with Gasteiger partial charge in [-0.05, 0) is 25.5 Å². The van der Waals surface area contributed by atoms with E-state index in [2.05, 4.69) is 5.32 Å². The molecule has 0 aliphatic heterocycles. The topological polar surface area (TPSA) is 58.6 Å². The van der Waals surface area contributed by atoms with Crippen molar-refractivity contribution in [3.05, 3.63) is 29.3 Å². The van der Waals surface area contributed by atoms with E-state index in [0.29, 0.717) is 30.3 Å². The van der Waals surface area contributed by atoms with Crippen LogP contribution >= 0.6 is 11.6 Å². The van der Waals surface area contributed by atoms with Crippen molar-refractivity contribution < 1.29 is 14.6 Å². The zero-order chi connectivity index (χ0) is 13.6. The molecular weight excluding hydrogens is 254 g/mol. The number of halogens is 1. The van der Waals surface area contributed by atoms with Crippen LogP contribution in [-0.2, 0) is 4.79 Å². The average Bonchev–Trinajstić information content (AvgIpc) is 2.36. The minimum Gasteiger partial charge on any atom is -0.491 e. The summed E-state index contributed by atoms with van der Waals surface area (Å²) in [4.78, 5) is 11.0. The van der Waals surface area contributed by atoms with Crippen molar-refractivity contribution in [1.29, 1.82) is 0 Å². The summed E-state index contributed by atoms with van der Waals surface area (Å²) < 4.78 is 5.47. The van der Waals surface area contributed by atoms with E-state index in [1.807, 2.05) is 19.1 Å². The lowest BCUT2D eigenvalue weighted by molar-refractivity contribution is -0.144. The van der Waals surface area contributed by atoms with Gasteiger partial charge in [0.2, 0.25) is 0 Å². The van der Waals surface area contributed by atoms with Crippen LogP contribution in [-0.4, -0.2) is 29.8 Å². The molecule has 0 aliphatic rings. The lowest BCUT2D eigenvalue weighted by Gasteiger charge is -2.24. The Hall–Kier alpha value is -1.26. The Kier molecular flexibility index (Phi) is 5.44. The number of benzene rings is 1. The SMILES string of the molecule is CCC(C)(NCCOc1ccccc1Cl)C(=O)O. The Morgan fingerprint density at radius 1 is 1.50 bits per heavy atom. The Morgan fingerprint density at radius 2 is 2.17 bits per heavy atom. The molecule has 0 aliphatic carbocycles. The first-order chi connectivity index (χ1) is 8.49. The number of ether oxygens (including phenoxy) is 1. The van der Waals surface area contributed by atoms with E-state index in [0.717, 1.165) is 0 Å². The highest BCUT2D eigenvalue weighted by Gasteiger charge is 2.29. The molecule has 0 spiro atoms. The van der Waals surface area contributed by atoms with E-state index in [4.69, 9.17) is 21.4 Å². The zero-order valence-corrected chi connectivity index (χ0v) is 11.3. The molecular formula is C13H18ClNO3. The van der Waals surface area contributed by atoms with Crippen molar-refractivity contribution in [3.8, 4) is 5.75 Å². The third-order valence-corrected chi connectivity index (χ3v) is 3.20. The standard InChI is InChI=1S/C13H18ClNO3/c1-3-13(2,12(16)17)15-8-9-18-11-7-5-4-6-10(11)14/h4-7,15H,3,8-9H2,1-2H3,(H,16,17). The molecule has 1 aromatic rings. The van der Waals surface area contributed by atoms with Gasteiger partial charge in [-0.15, -0.1) is 0 Å². The van der Waals surface area contributed by atoms with E-state index < -0.39 is 11.5 Å². The van der Waals surface area contributed by atoms with Crippen LogP contribution in [0.1, 0.15) is 20.3 Å². The molecule has 0 radical (unpaired) electrons. The van der Waals surface area contributed by atoms with Crippen molar-refractivity contribution in [2.75, 3.05) is 13.2 Å². The molecule has 0 saturated carbocycles. The van der Waals surface area contributed by atoms with Crippen molar-refractivity contribution in [1.82, 2.24) is 5.32 Å². The molecule has 1 atom stereocenters. The highest BCUT2D eigenvalue weighted by molar-refractivity contribution is 6.32. The number of nitrogens with one attached hydrogen (secondary N) is 1. The van der Waals surface area contributed by atoms with Crippen molar-refractivity contribution in [2.24, 2.45) is 0 Å². The van der Waals surface area contributed by atoms with Crippen LogP contribution in [0.25, 0.3) is 0 Å². The first kappa shape index (κ1) is 14.8. The largest absolute Gasteiger partial charge is 0.491 e. The summed E-state index contributed by atoms with van der Waals surface area (Å²) in [6, 6.07) is 7.18. The van der Waals surface area contributed by atoms with Gasteiger partial charge in [0, 0.05) is 6.54 Å². The second kappa shape index (κ2) is 6.61. The third kappa shape index (κ3) is 3.89. The number of carbonyl (C=O) groups is 1. The maximum absolute atomic E-state index is 11.0. The van der Waals surface area contributed by atoms with Gasteiger partial charge in [-0.2, -0.15) is 0 Å². The first-order valence-corrected chi connectivity index (χ1v) is 6.23. The highest BCUT2D eigenvalue weighted by atomic mass is 35.5. The molecule has 0 heterocycles. The summed E-state index contributed by atoms with van der Waals surface area (Å²) in [6.45, 7) is 4.30. The van der Waals surface area contributed by atoms with Crippen LogP contribution in [0.4, 0.5) is 0 Å². The summed E-state index contributed by atoms with van der Waals surface area (Å²) >= 11 is 5.93. The van der Waals surface area contributed by atoms with Gasteiger partial charge in [-0.1, -0.05) is 30.7 Å². The summed E-state index contributed by atoms with van der Waals surface area (Å²) in [5.74, 6) is -0.253. The maximum Gasteiger partial charge on any atom is 0.323 e. The highest BCUT2D eigenvalue weighted by Crippen LogP contribution is 2.22. The molecule has 0 amide bonds. The third-order valence-electron chi connectivity index (χ3n) is 2.89. The Balaban J connectivity index is 2.39. The molecule has 0 aromatic heterocycles. The maximum atomic E-state index is 11.0. The van der Waals surface area contributed by atoms with Gasteiger partial charge >= 0.3 is 5.97 Å². The van der Waals surface area contributed by atoms with Gasteiger partial charge in [0.25, 0.3) is 0 Å². The van der Waals surface area contributed by atoms with Gasteiger partial charge in [0.05, 0.1) is 5.02 Å². The predicted molar refractivity (Wildman–Crippen MR) is 71.3 cm³/mol. The minimum absolute atomic E-state index is 0.368. The molecule has 100 valence electrons. The summed E-state index contributed by atoms with van der Waals surface area (Å²) in [5, 5.41) is 12.6. The van der Waals surface area contributed by atoms with Crippen LogP contribution in [0.5, 0.6) is 5.75 Å². The number of rotatable bonds is 7. The van der Waals surface area contributed by atoms with Crippen LogP contribution in [0, 0.1) is 0 Å². The molecule has 1 unspecified atom stereocenters. The molecule has 1 aromatic carbocycles. The number of para-hydroxylation sites is 1. The fraction of sp³-hybridized carbons (Fsp3) is 0.462. The molecule has 2 N–H and O–H groups in total. The van der Waals surface area contributed by atoms with E-state index >= 15 is 0 Å². The van der Waals surface area contributed by atoms with Gasteiger partial charge < -0.3 is 9.84 Å². The Bertz CT molecular complexity index is 411. The number of aliphatic carboxylic acids is 1. The Labute approximate surface area is 112 Å². The summed E-state index contributed by atoms with van der Waals surface area (Å²) in [5.41, 5.74) is -0.913. The van der Waals surface area contributed by atoms with E-state index in [9.17, 15) is 4.79 Å². The second-order valence-corrected chi connectivity index (χ2v) is 4.60. The van der Waals surface area contributed by atoms with Gasteiger partial charge in [-0.25, -0.2) is 0 Å². The molecule has 0 fully saturated rings. The van der Waals surface area contributed by atoms with Crippen molar-refractivity contribution in [2.45, 2.75) is 25.8 Å². The predicted octanol–water partition coefficient (Wildman–Crippen LogP) is 2.56. The molecule has 1 rings (SSSR count). The van der Waals surface area contributed by atoms with Gasteiger partial charge in [0.15, 0.2) is 0 Å². The van der Waals surface area contributed by atoms with Crippen molar-refractivity contribution in [3.63, 3.8) is 0 Å². The lowest BCUT2D eigenvalue weighted by Crippen LogP contribution is -2.50. The molecule has 4 nitrogen and oxygen atoms in total. The molecule has 5 heteroatoms. The van der Waals surface area contributed by atoms with Crippen LogP contribution in [0.3, 0.4) is 0 Å². The molecule has 18 heavy (non-hydrogen) atoms. The first-order valence-electron chi connectivity index (χ1n) is 5.85. The number of hydrogen-bond acceptors (Lipinski definition) is 3. The van der Waals surface area contributed by atoms with Crippen LogP contribution in [0.15, 0.2) is 24.3 Å². The quantitative estimate of drug-likeness (QED) is 0.749. The second-order valence-electron chi connectivity index (χ2n) is 4.20.